The Labute approximate surface area is 73.8 Å². The van der Waals surface area contributed by atoms with E-state index in [1.54, 1.807) is 0 Å². The molecule has 2 heterocycles. The van der Waals surface area contributed by atoms with Gasteiger partial charge in [-0.1, -0.05) is 5.10 Å². The average molecular weight is 183 g/mol. The Kier molecular flexibility index (Phi) is 2.17. The number of nitrogens with zero attached hydrogens (tertiary/aromatic N) is 3. The Morgan fingerprint density at radius 3 is 3.23 bits per heavy atom. The van der Waals surface area contributed by atoms with E-state index in [0.29, 0.717) is 6.61 Å². The zero-order valence-electron chi connectivity index (χ0n) is 6.86. The number of nitrogens with one attached hydrogen (secondary N) is 2. The van der Waals surface area contributed by atoms with Crippen molar-refractivity contribution in [1.29, 1.82) is 0 Å². The molecule has 0 radical (unpaired) electrons. The molecule has 1 aliphatic heterocycles. The van der Waals surface area contributed by atoms with Gasteiger partial charge in [0.05, 0.1) is 0 Å². The number of rotatable bonds is 2. The van der Waals surface area contributed by atoms with Crippen molar-refractivity contribution in [3.05, 3.63) is 0 Å². The minimum Gasteiger partial charge on any atom is -0.368 e. The molecular formula is C6H9N5O2. The summed E-state index contributed by atoms with van der Waals surface area (Å²) in [4.78, 5) is 11.4. The van der Waals surface area contributed by atoms with Crippen LogP contribution in [0.15, 0.2) is 0 Å². The number of ether oxygens (including phenoxy) is 1. The first kappa shape index (κ1) is 8.11. The molecule has 1 unspecified atom stereocenters. The van der Waals surface area contributed by atoms with E-state index in [2.05, 4.69) is 25.9 Å². The zero-order valence-corrected chi connectivity index (χ0v) is 6.86. The Balaban J connectivity index is 1.91. The Morgan fingerprint density at radius 1 is 1.69 bits per heavy atom. The molecule has 13 heavy (non-hydrogen) atoms. The molecule has 70 valence electrons. The highest BCUT2D eigenvalue weighted by Crippen LogP contribution is 2.12. The van der Waals surface area contributed by atoms with Crippen LogP contribution >= 0.6 is 0 Å². The van der Waals surface area contributed by atoms with E-state index < -0.39 is 0 Å². The highest BCUT2D eigenvalue weighted by Gasteiger charge is 2.24. The number of carbonyl (C=O) groups is 1. The van der Waals surface area contributed by atoms with Gasteiger partial charge in [0.25, 0.3) is 11.9 Å². The third kappa shape index (κ3) is 1.81. The maximum Gasteiger partial charge on any atom is 0.269 e. The van der Waals surface area contributed by atoms with Crippen LogP contribution in [0.1, 0.15) is 12.8 Å². The molecule has 1 aromatic heterocycles. The van der Waals surface area contributed by atoms with Crippen LogP contribution in [0.5, 0.6) is 0 Å². The van der Waals surface area contributed by atoms with E-state index in [9.17, 15) is 4.79 Å². The SMILES string of the molecule is O=C(Nc1nn[nH]n1)C1CCCO1. The first-order chi connectivity index (χ1) is 6.36. The van der Waals surface area contributed by atoms with Gasteiger partial charge in [0.1, 0.15) is 6.10 Å². The molecular weight excluding hydrogens is 174 g/mol. The van der Waals surface area contributed by atoms with E-state index in [1.807, 2.05) is 0 Å². The van der Waals surface area contributed by atoms with Crippen LogP contribution in [0.2, 0.25) is 0 Å². The lowest BCUT2D eigenvalue weighted by Gasteiger charge is -2.06. The van der Waals surface area contributed by atoms with E-state index >= 15 is 0 Å². The molecule has 1 fully saturated rings. The number of aromatic nitrogens is 4. The van der Waals surface area contributed by atoms with Gasteiger partial charge in [0, 0.05) is 6.61 Å². The lowest BCUT2D eigenvalue weighted by Crippen LogP contribution is -2.27. The van der Waals surface area contributed by atoms with Crippen molar-refractivity contribution >= 4 is 11.9 Å². The van der Waals surface area contributed by atoms with Crippen LogP contribution in [0.25, 0.3) is 0 Å². The van der Waals surface area contributed by atoms with Crippen LogP contribution in [0.3, 0.4) is 0 Å². The number of H-pyrrole nitrogens is 1. The number of carbonyl (C=O) groups excluding carboxylic acids is 1. The fourth-order valence-corrected chi connectivity index (χ4v) is 1.19. The number of tetrazole rings is 1. The normalized spacial score (nSPS) is 21.7. The summed E-state index contributed by atoms with van der Waals surface area (Å²) in [5.74, 6) is -0.0283. The van der Waals surface area contributed by atoms with Gasteiger partial charge in [-0.2, -0.15) is 5.21 Å². The number of amides is 1. The van der Waals surface area contributed by atoms with Crippen LogP contribution < -0.4 is 5.32 Å². The second-order valence-corrected chi connectivity index (χ2v) is 2.73. The minimum atomic E-state index is -0.363. The second-order valence-electron chi connectivity index (χ2n) is 2.73. The van der Waals surface area contributed by atoms with Crippen molar-refractivity contribution in [2.75, 3.05) is 11.9 Å². The summed E-state index contributed by atoms with van der Waals surface area (Å²) in [6.07, 6.45) is 1.31. The molecule has 1 aromatic rings. The van der Waals surface area contributed by atoms with Crippen molar-refractivity contribution in [2.24, 2.45) is 0 Å². The van der Waals surface area contributed by atoms with Gasteiger partial charge >= 0.3 is 0 Å². The highest BCUT2D eigenvalue weighted by atomic mass is 16.5. The summed E-state index contributed by atoms with van der Waals surface area (Å²) in [5, 5.41) is 15.2. The lowest BCUT2D eigenvalue weighted by molar-refractivity contribution is -0.124. The second kappa shape index (κ2) is 3.48. The Hall–Kier alpha value is -1.50. The van der Waals surface area contributed by atoms with Crippen LogP contribution in [-0.4, -0.2) is 39.2 Å². The molecule has 1 saturated heterocycles. The lowest BCUT2D eigenvalue weighted by atomic mass is 10.2. The summed E-state index contributed by atoms with van der Waals surface area (Å²) >= 11 is 0. The molecule has 0 aliphatic carbocycles. The van der Waals surface area contributed by atoms with Gasteiger partial charge in [0.15, 0.2) is 0 Å². The van der Waals surface area contributed by atoms with Crippen molar-refractivity contribution in [3.63, 3.8) is 0 Å². The summed E-state index contributed by atoms with van der Waals surface area (Å²) < 4.78 is 5.17. The number of aromatic amines is 1. The maximum absolute atomic E-state index is 11.4. The van der Waals surface area contributed by atoms with Crippen LogP contribution in [0, 0.1) is 0 Å². The summed E-state index contributed by atoms with van der Waals surface area (Å²) in [6, 6.07) is 0. The maximum atomic E-state index is 11.4. The molecule has 1 aliphatic rings. The molecule has 0 bridgehead atoms. The van der Waals surface area contributed by atoms with E-state index in [-0.39, 0.29) is 18.0 Å². The molecule has 1 amide bonds. The van der Waals surface area contributed by atoms with Gasteiger partial charge in [-0.05, 0) is 18.1 Å². The van der Waals surface area contributed by atoms with Crippen molar-refractivity contribution in [2.45, 2.75) is 18.9 Å². The average Bonchev–Trinajstić information content (AvgIpc) is 2.74. The quantitative estimate of drug-likeness (QED) is 0.633. The number of hydrogen-bond donors (Lipinski definition) is 2. The van der Waals surface area contributed by atoms with Crippen LogP contribution in [0.4, 0.5) is 5.95 Å². The van der Waals surface area contributed by atoms with Gasteiger partial charge in [-0.15, -0.1) is 5.10 Å². The third-order valence-electron chi connectivity index (χ3n) is 1.80. The molecule has 0 aromatic carbocycles. The molecule has 1 atom stereocenters. The van der Waals surface area contributed by atoms with Gasteiger partial charge in [0.2, 0.25) is 0 Å². The summed E-state index contributed by atoms with van der Waals surface area (Å²) in [6.45, 7) is 0.643. The van der Waals surface area contributed by atoms with E-state index in [1.165, 1.54) is 0 Å². The van der Waals surface area contributed by atoms with Gasteiger partial charge < -0.3 is 4.74 Å². The van der Waals surface area contributed by atoms with Crippen molar-refractivity contribution < 1.29 is 9.53 Å². The first-order valence-electron chi connectivity index (χ1n) is 4.02. The third-order valence-corrected chi connectivity index (χ3v) is 1.80. The molecule has 2 N–H and O–H groups in total. The summed E-state index contributed by atoms with van der Waals surface area (Å²) in [7, 11) is 0. The monoisotopic (exact) mass is 183 g/mol. The molecule has 2 rings (SSSR count). The topological polar surface area (TPSA) is 92.8 Å². The van der Waals surface area contributed by atoms with Gasteiger partial charge in [-0.3, -0.25) is 10.1 Å². The highest BCUT2D eigenvalue weighted by molar-refractivity contribution is 5.92. The minimum absolute atomic E-state index is 0.181. The van der Waals surface area contributed by atoms with Crippen molar-refractivity contribution in [3.8, 4) is 0 Å². The fourth-order valence-electron chi connectivity index (χ4n) is 1.19. The molecule has 7 heteroatoms. The Morgan fingerprint density at radius 2 is 2.62 bits per heavy atom. The largest absolute Gasteiger partial charge is 0.368 e. The molecule has 7 nitrogen and oxygen atoms in total. The Bertz CT molecular complexity index is 279. The smallest absolute Gasteiger partial charge is 0.269 e. The molecule has 0 saturated carbocycles. The summed E-state index contributed by atoms with van der Waals surface area (Å²) in [5.41, 5.74) is 0. The van der Waals surface area contributed by atoms with E-state index in [4.69, 9.17) is 4.74 Å². The number of hydrogen-bond acceptors (Lipinski definition) is 5. The molecule has 0 spiro atoms. The predicted molar refractivity (Wildman–Crippen MR) is 41.8 cm³/mol. The zero-order chi connectivity index (χ0) is 9.10. The number of anilines is 1. The fraction of sp³-hybridized carbons (Fsp3) is 0.667. The first-order valence-corrected chi connectivity index (χ1v) is 4.02. The standard InChI is InChI=1S/C6H9N5O2/c12-5(4-2-1-3-13-4)7-6-8-10-11-9-6/h4H,1-3H2,(H2,7,8,9,10,11,12). The predicted octanol–water partition coefficient (Wildman–Crippen LogP) is -0.683. The van der Waals surface area contributed by atoms with Crippen LogP contribution in [-0.2, 0) is 9.53 Å². The van der Waals surface area contributed by atoms with E-state index in [0.717, 1.165) is 12.8 Å². The van der Waals surface area contributed by atoms with Gasteiger partial charge in [-0.25, -0.2) is 0 Å². The van der Waals surface area contributed by atoms with Crippen molar-refractivity contribution in [1.82, 2.24) is 20.6 Å².